The van der Waals surface area contributed by atoms with Crippen molar-refractivity contribution < 1.29 is 4.79 Å². The smallest absolute Gasteiger partial charge is 0.253 e. The number of hydrogen-bond acceptors (Lipinski definition) is 1. The first-order chi connectivity index (χ1) is 9.85. The number of nitrogens with zero attached hydrogens (tertiary/aromatic N) is 1. The summed E-state index contributed by atoms with van der Waals surface area (Å²) in [6, 6.07) is 6.16. The molecule has 1 amide bonds. The molecule has 1 aromatic carbocycles. The van der Waals surface area contributed by atoms with E-state index in [9.17, 15) is 4.79 Å². The normalized spacial score (nSPS) is 10.7. The summed E-state index contributed by atoms with van der Waals surface area (Å²) in [5.41, 5.74) is 3.56. The van der Waals surface area contributed by atoms with Crippen molar-refractivity contribution in [2.45, 2.75) is 67.2 Å². The molecule has 0 radical (unpaired) electrons. The molecule has 21 heavy (non-hydrogen) atoms. The first-order valence-corrected chi connectivity index (χ1v) is 8.27. The van der Waals surface area contributed by atoms with E-state index in [1.807, 2.05) is 38.7 Å². The lowest BCUT2D eigenvalue weighted by atomic mass is 9.82. The molecule has 1 aromatic rings. The second kappa shape index (κ2) is 8.86. The highest BCUT2D eigenvalue weighted by Gasteiger charge is 2.19. The van der Waals surface area contributed by atoms with Gasteiger partial charge in [0.15, 0.2) is 0 Å². The predicted octanol–water partition coefficient (Wildman–Crippen LogP) is 5.05. The Morgan fingerprint density at radius 3 is 1.95 bits per heavy atom. The lowest BCUT2D eigenvalue weighted by Gasteiger charge is -2.24. The van der Waals surface area contributed by atoms with Crippen molar-refractivity contribution in [3.8, 4) is 0 Å². The number of aryl methyl sites for hydroxylation is 1. The van der Waals surface area contributed by atoms with Gasteiger partial charge in [0.25, 0.3) is 5.91 Å². The zero-order valence-electron chi connectivity index (χ0n) is 15.2. The Morgan fingerprint density at radius 2 is 1.57 bits per heavy atom. The van der Waals surface area contributed by atoms with Crippen LogP contribution in [0.1, 0.15) is 76.9 Å². The second-order valence-corrected chi connectivity index (χ2v) is 5.95. The Balaban J connectivity index is 0.00000191. The molecular formula is C19H33NO. The van der Waals surface area contributed by atoms with E-state index in [4.69, 9.17) is 0 Å². The van der Waals surface area contributed by atoms with Gasteiger partial charge in [0.2, 0.25) is 0 Å². The van der Waals surface area contributed by atoms with Gasteiger partial charge in [-0.25, -0.2) is 0 Å². The minimum Gasteiger partial charge on any atom is -0.339 e. The fourth-order valence-electron chi connectivity index (χ4n) is 2.44. The summed E-state index contributed by atoms with van der Waals surface area (Å²) in [4.78, 5) is 14.2. The molecule has 2 heteroatoms. The molecule has 0 aromatic heterocycles. The molecule has 1 rings (SSSR count). The van der Waals surface area contributed by atoms with Crippen LogP contribution in [0, 0.1) is 0 Å². The van der Waals surface area contributed by atoms with Crippen molar-refractivity contribution >= 4 is 5.91 Å². The highest BCUT2D eigenvalue weighted by molar-refractivity contribution is 5.94. The minimum atomic E-state index is 0.127. The van der Waals surface area contributed by atoms with Crippen LogP contribution in [0.15, 0.2) is 18.2 Å². The van der Waals surface area contributed by atoms with Crippen molar-refractivity contribution in [2.24, 2.45) is 0 Å². The van der Waals surface area contributed by atoms with Crippen LogP contribution in [0.2, 0.25) is 0 Å². The number of benzene rings is 1. The standard InChI is InChI=1S/C17H27NO.C2H6/c1-7-13-12-14(16(19)18(8-2)9-3)10-11-15(13)17(4,5)6;1-2/h10-12H,7-9H2,1-6H3;1-2H3. The van der Waals surface area contributed by atoms with Crippen LogP contribution in [0.5, 0.6) is 0 Å². The van der Waals surface area contributed by atoms with E-state index in [2.05, 4.69) is 39.8 Å². The summed E-state index contributed by atoms with van der Waals surface area (Å²) in [7, 11) is 0. The van der Waals surface area contributed by atoms with Gasteiger partial charge in [-0.2, -0.15) is 0 Å². The number of amides is 1. The fourth-order valence-corrected chi connectivity index (χ4v) is 2.44. The summed E-state index contributed by atoms with van der Waals surface area (Å²) in [6.07, 6.45) is 0.964. The average Bonchev–Trinajstić information content (AvgIpc) is 2.48. The van der Waals surface area contributed by atoms with E-state index in [0.717, 1.165) is 25.1 Å². The van der Waals surface area contributed by atoms with Gasteiger partial charge in [-0.3, -0.25) is 4.79 Å². The molecule has 0 N–H and O–H groups in total. The van der Waals surface area contributed by atoms with E-state index in [1.54, 1.807) is 0 Å². The molecule has 120 valence electrons. The van der Waals surface area contributed by atoms with Crippen molar-refractivity contribution in [2.75, 3.05) is 13.1 Å². The zero-order chi connectivity index (χ0) is 16.6. The molecule has 0 aliphatic rings. The Hall–Kier alpha value is -1.31. The lowest BCUT2D eigenvalue weighted by molar-refractivity contribution is 0.0773. The molecule has 0 aliphatic heterocycles. The second-order valence-electron chi connectivity index (χ2n) is 5.95. The third kappa shape index (κ3) is 5.18. The maximum absolute atomic E-state index is 12.4. The highest BCUT2D eigenvalue weighted by atomic mass is 16.2. The quantitative estimate of drug-likeness (QED) is 0.759. The first kappa shape index (κ1) is 19.7. The molecular weight excluding hydrogens is 258 g/mol. The molecule has 0 aliphatic carbocycles. The van der Waals surface area contributed by atoms with E-state index in [0.29, 0.717) is 0 Å². The van der Waals surface area contributed by atoms with Crippen molar-refractivity contribution in [1.82, 2.24) is 4.90 Å². The topological polar surface area (TPSA) is 20.3 Å². The van der Waals surface area contributed by atoms with Crippen LogP contribution >= 0.6 is 0 Å². The van der Waals surface area contributed by atoms with Gasteiger partial charge in [-0.15, -0.1) is 0 Å². The van der Waals surface area contributed by atoms with Crippen molar-refractivity contribution in [3.05, 3.63) is 34.9 Å². The van der Waals surface area contributed by atoms with Gasteiger partial charge in [0.05, 0.1) is 0 Å². The van der Waals surface area contributed by atoms with Gasteiger partial charge in [0, 0.05) is 18.7 Å². The van der Waals surface area contributed by atoms with Crippen LogP contribution in [0.3, 0.4) is 0 Å². The Morgan fingerprint density at radius 1 is 1.05 bits per heavy atom. The number of hydrogen-bond donors (Lipinski definition) is 0. The summed E-state index contributed by atoms with van der Waals surface area (Å²) < 4.78 is 0. The Bertz CT molecular complexity index is 439. The van der Waals surface area contributed by atoms with Crippen LogP contribution in [0.25, 0.3) is 0 Å². The van der Waals surface area contributed by atoms with Crippen LogP contribution in [-0.4, -0.2) is 23.9 Å². The number of rotatable bonds is 4. The van der Waals surface area contributed by atoms with Gasteiger partial charge < -0.3 is 4.90 Å². The molecule has 0 saturated carbocycles. The van der Waals surface area contributed by atoms with Crippen LogP contribution in [0.4, 0.5) is 0 Å². The third-order valence-electron chi connectivity index (χ3n) is 3.59. The molecule has 0 atom stereocenters. The SMILES string of the molecule is CC.CCc1cc(C(=O)N(CC)CC)ccc1C(C)(C)C. The third-order valence-corrected chi connectivity index (χ3v) is 3.59. The largest absolute Gasteiger partial charge is 0.339 e. The van der Waals surface area contributed by atoms with E-state index >= 15 is 0 Å². The Labute approximate surface area is 131 Å². The highest BCUT2D eigenvalue weighted by Crippen LogP contribution is 2.27. The van der Waals surface area contributed by atoms with Crippen molar-refractivity contribution in [3.63, 3.8) is 0 Å². The maximum Gasteiger partial charge on any atom is 0.253 e. The first-order valence-electron chi connectivity index (χ1n) is 8.27. The van der Waals surface area contributed by atoms with Gasteiger partial charge in [-0.1, -0.05) is 47.6 Å². The van der Waals surface area contributed by atoms with Crippen LogP contribution in [-0.2, 0) is 11.8 Å². The van der Waals surface area contributed by atoms with E-state index < -0.39 is 0 Å². The predicted molar refractivity (Wildman–Crippen MR) is 93.1 cm³/mol. The van der Waals surface area contributed by atoms with E-state index in [-0.39, 0.29) is 11.3 Å². The zero-order valence-corrected chi connectivity index (χ0v) is 15.2. The lowest BCUT2D eigenvalue weighted by Crippen LogP contribution is -2.30. The monoisotopic (exact) mass is 291 g/mol. The van der Waals surface area contributed by atoms with E-state index in [1.165, 1.54) is 11.1 Å². The summed E-state index contributed by atoms with van der Waals surface area (Å²) in [6.45, 7) is 18.4. The van der Waals surface area contributed by atoms with Crippen molar-refractivity contribution in [1.29, 1.82) is 0 Å². The average molecular weight is 291 g/mol. The Kier molecular flexibility index (Phi) is 8.31. The number of carbonyl (C=O) groups is 1. The summed E-state index contributed by atoms with van der Waals surface area (Å²) in [5, 5.41) is 0. The summed E-state index contributed by atoms with van der Waals surface area (Å²) in [5.74, 6) is 0.139. The molecule has 0 unspecified atom stereocenters. The minimum absolute atomic E-state index is 0.127. The van der Waals surface area contributed by atoms with Gasteiger partial charge >= 0.3 is 0 Å². The molecule has 0 fully saturated rings. The van der Waals surface area contributed by atoms with Gasteiger partial charge in [-0.05, 0) is 48.9 Å². The molecule has 0 heterocycles. The molecule has 0 saturated heterocycles. The van der Waals surface area contributed by atoms with Crippen LogP contribution < -0.4 is 0 Å². The molecule has 0 bridgehead atoms. The molecule has 0 spiro atoms. The number of carbonyl (C=O) groups excluding carboxylic acids is 1. The summed E-state index contributed by atoms with van der Waals surface area (Å²) >= 11 is 0. The molecule has 2 nitrogen and oxygen atoms in total. The fraction of sp³-hybridized carbons (Fsp3) is 0.632. The van der Waals surface area contributed by atoms with Gasteiger partial charge in [0.1, 0.15) is 0 Å². The maximum atomic E-state index is 12.4.